The minimum atomic E-state index is -0.524. The lowest BCUT2D eigenvalue weighted by molar-refractivity contribution is -0.125. The van der Waals surface area contributed by atoms with Crippen molar-refractivity contribution in [3.63, 3.8) is 0 Å². The zero-order valence-electron chi connectivity index (χ0n) is 24.7. The number of allylic oxidation sites excluding steroid dienone is 2. The van der Waals surface area contributed by atoms with E-state index in [0.717, 1.165) is 37.1 Å². The third-order valence-electron chi connectivity index (χ3n) is 7.84. The molecule has 5 heteroatoms. The number of nitrogens with one attached hydrogen (secondary N) is 2. The number of thioether (sulfide) groups is 1. The fourth-order valence-electron chi connectivity index (χ4n) is 5.32. The van der Waals surface area contributed by atoms with Crippen LogP contribution in [0.3, 0.4) is 0 Å². The zero-order chi connectivity index (χ0) is 27.8. The van der Waals surface area contributed by atoms with Gasteiger partial charge in [-0.05, 0) is 95.9 Å². The van der Waals surface area contributed by atoms with Gasteiger partial charge in [-0.2, -0.15) is 0 Å². The van der Waals surface area contributed by atoms with E-state index >= 15 is 0 Å². The second-order valence-electron chi connectivity index (χ2n) is 12.2. The molecule has 0 aromatic heterocycles. The van der Waals surface area contributed by atoms with Crippen LogP contribution in [0.4, 0.5) is 0 Å². The van der Waals surface area contributed by atoms with Crippen molar-refractivity contribution in [1.29, 1.82) is 0 Å². The number of benzene rings is 1. The first-order chi connectivity index (χ1) is 17.3. The first-order valence-electron chi connectivity index (χ1n) is 14.2. The number of amides is 1. The Bertz CT molecular complexity index is 944. The molecule has 1 aromatic rings. The van der Waals surface area contributed by atoms with Crippen LogP contribution in [0.5, 0.6) is 0 Å². The first-order valence-corrected chi connectivity index (χ1v) is 15.1. The van der Waals surface area contributed by atoms with Crippen LogP contribution in [0.25, 0.3) is 5.57 Å². The zero-order valence-corrected chi connectivity index (χ0v) is 25.5. The van der Waals surface area contributed by atoms with Gasteiger partial charge >= 0.3 is 0 Å². The summed E-state index contributed by atoms with van der Waals surface area (Å²) < 4.78 is 0. The molecule has 2 atom stereocenters. The fourth-order valence-corrected chi connectivity index (χ4v) is 5.84. The van der Waals surface area contributed by atoms with Crippen LogP contribution in [-0.4, -0.2) is 35.7 Å². The highest BCUT2D eigenvalue weighted by molar-refractivity contribution is 8.05. The van der Waals surface area contributed by atoms with Crippen molar-refractivity contribution in [3.8, 4) is 0 Å². The maximum atomic E-state index is 11.9. The number of hydrogen-bond acceptors (Lipinski definition) is 4. The highest BCUT2D eigenvalue weighted by Gasteiger charge is 2.37. The largest absolute Gasteiger partial charge is 0.391 e. The molecule has 0 radical (unpaired) electrons. The van der Waals surface area contributed by atoms with E-state index in [1.807, 2.05) is 6.92 Å². The number of rotatable bonds is 9. The third kappa shape index (κ3) is 9.01. The van der Waals surface area contributed by atoms with E-state index in [4.69, 9.17) is 0 Å². The standard InChI is InChI=1S/C20H28S.C12H24N2O2/c1-14(2)21-13-15(3)16-8-9-17-18(12-16)20(6,7)11-10-19(17,4)5;1-3-5-9(6-4-2)14-12(16)11-10(15)7-8-13-11/h8-9,12-13H,1,10-11H2,2-7H3;9-11,13,15H,3-8H2,1-2H3,(H,14,16)/b15-13+;/t;10?,11-/m.0/s1. The molecule has 37 heavy (non-hydrogen) atoms. The molecule has 2 aliphatic rings. The Labute approximate surface area is 231 Å². The molecule has 208 valence electrons. The highest BCUT2D eigenvalue weighted by Crippen LogP contribution is 2.46. The summed E-state index contributed by atoms with van der Waals surface area (Å²) in [5.41, 5.74) is 6.31. The summed E-state index contributed by atoms with van der Waals surface area (Å²) >= 11 is 1.71. The fraction of sp³-hybridized carbons (Fsp3) is 0.656. The van der Waals surface area contributed by atoms with Crippen molar-refractivity contribution in [1.82, 2.24) is 10.6 Å². The van der Waals surface area contributed by atoms with Crippen LogP contribution >= 0.6 is 11.8 Å². The summed E-state index contributed by atoms with van der Waals surface area (Å²) in [6, 6.07) is 6.91. The number of aliphatic hydroxyl groups is 1. The molecule has 1 saturated heterocycles. The molecule has 1 aliphatic carbocycles. The molecule has 4 nitrogen and oxygen atoms in total. The molecule has 0 bridgehead atoms. The van der Waals surface area contributed by atoms with Gasteiger partial charge < -0.3 is 15.7 Å². The van der Waals surface area contributed by atoms with Crippen molar-refractivity contribution in [2.75, 3.05) is 6.54 Å². The molecule has 1 amide bonds. The predicted octanol–water partition coefficient (Wildman–Crippen LogP) is 7.46. The van der Waals surface area contributed by atoms with Gasteiger partial charge in [-0.15, -0.1) is 11.8 Å². The van der Waals surface area contributed by atoms with Gasteiger partial charge in [0.2, 0.25) is 5.91 Å². The Balaban J connectivity index is 0.000000271. The van der Waals surface area contributed by atoms with Gasteiger partial charge in [0.1, 0.15) is 6.04 Å². The van der Waals surface area contributed by atoms with Gasteiger partial charge in [0, 0.05) is 6.04 Å². The Hall–Kier alpha value is -1.56. The van der Waals surface area contributed by atoms with Gasteiger partial charge in [0.25, 0.3) is 0 Å². The summed E-state index contributed by atoms with van der Waals surface area (Å²) in [5.74, 6) is -0.0445. The number of fused-ring (bicyclic) bond motifs is 1. The molecule has 1 unspecified atom stereocenters. The minimum absolute atomic E-state index is 0.0445. The van der Waals surface area contributed by atoms with Gasteiger partial charge in [-0.25, -0.2) is 0 Å². The van der Waals surface area contributed by atoms with Crippen LogP contribution in [0, 0.1) is 0 Å². The highest BCUT2D eigenvalue weighted by atomic mass is 32.2. The number of carbonyl (C=O) groups is 1. The maximum Gasteiger partial charge on any atom is 0.240 e. The Morgan fingerprint density at radius 2 is 1.73 bits per heavy atom. The maximum absolute atomic E-state index is 11.9. The van der Waals surface area contributed by atoms with Crippen molar-refractivity contribution >= 4 is 23.2 Å². The van der Waals surface area contributed by atoms with Crippen molar-refractivity contribution < 1.29 is 9.90 Å². The Morgan fingerprint density at radius 1 is 1.14 bits per heavy atom. The van der Waals surface area contributed by atoms with E-state index in [1.165, 1.54) is 35.1 Å². The summed E-state index contributed by atoms with van der Waals surface area (Å²) in [4.78, 5) is 13.0. The molecule has 0 saturated carbocycles. The van der Waals surface area contributed by atoms with E-state index < -0.39 is 12.1 Å². The molecule has 0 spiro atoms. The van der Waals surface area contributed by atoms with Crippen LogP contribution in [-0.2, 0) is 15.6 Å². The SMILES string of the molecule is C=C(C)S/C=C(\C)c1ccc2c(c1)C(C)(C)CCC2(C)C.CCCC(CCC)NC(=O)[C@H]1NCCC1O. The van der Waals surface area contributed by atoms with E-state index in [-0.39, 0.29) is 17.4 Å². The normalized spacial score (nSPS) is 22.2. The van der Waals surface area contributed by atoms with Crippen molar-refractivity contribution in [3.05, 3.63) is 51.8 Å². The lowest BCUT2D eigenvalue weighted by Crippen LogP contribution is -2.49. The lowest BCUT2D eigenvalue weighted by Gasteiger charge is -2.42. The first kappa shape index (κ1) is 31.7. The molecule has 1 aromatic carbocycles. The second-order valence-corrected chi connectivity index (χ2v) is 13.4. The molecule has 1 aliphatic heterocycles. The summed E-state index contributed by atoms with van der Waals surface area (Å²) in [6.45, 7) is 22.7. The third-order valence-corrected chi connectivity index (χ3v) is 8.71. The quantitative estimate of drug-likeness (QED) is 0.311. The van der Waals surface area contributed by atoms with E-state index in [0.29, 0.717) is 11.8 Å². The van der Waals surface area contributed by atoms with Gasteiger partial charge in [0.05, 0.1) is 6.10 Å². The number of hydrogen-bond donors (Lipinski definition) is 3. The topological polar surface area (TPSA) is 61.4 Å². The predicted molar refractivity (Wildman–Crippen MR) is 162 cm³/mol. The smallest absolute Gasteiger partial charge is 0.240 e. The van der Waals surface area contributed by atoms with Crippen LogP contribution in [0.2, 0.25) is 0 Å². The number of aliphatic hydroxyl groups excluding tert-OH is 1. The van der Waals surface area contributed by atoms with Crippen LogP contribution in [0.1, 0.15) is 117 Å². The van der Waals surface area contributed by atoms with Gasteiger partial charge in [0.15, 0.2) is 0 Å². The van der Waals surface area contributed by atoms with E-state index in [2.05, 4.69) is 89.3 Å². The van der Waals surface area contributed by atoms with Crippen molar-refractivity contribution in [2.24, 2.45) is 0 Å². The Morgan fingerprint density at radius 3 is 2.24 bits per heavy atom. The summed E-state index contributed by atoms with van der Waals surface area (Å²) in [7, 11) is 0. The van der Waals surface area contributed by atoms with Gasteiger partial charge in [-0.1, -0.05) is 79.2 Å². The van der Waals surface area contributed by atoms with Gasteiger partial charge in [-0.3, -0.25) is 4.79 Å². The molecular weight excluding hydrogens is 476 g/mol. The Kier molecular flexibility index (Phi) is 12.0. The molecule has 3 N–H and O–H groups in total. The van der Waals surface area contributed by atoms with E-state index in [1.54, 1.807) is 11.8 Å². The molecular formula is C32H52N2O2S. The average molecular weight is 529 g/mol. The number of carbonyl (C=O) groups excluding carboxylic acids is 1. The van der Waals surface area contributed by atoms with Crippen LogP contribution < -0.4 is 10.6 Å². The summed E-state index contributed by atoms with van der Waals surface area (Å²) in [6.07, 6.45) is 6.86. The van der Waals surface area contributed by atoms with Crippen LogP contribution in [0.15, 0.2) is 35.1 Å². The second kappa shape index (κ2) is 14.0. The lowest BCUT2D eigenvalue weighted by atomic mass is 9.63. The monoisotopic (exact) mass is 528 g/mol. The van der Waals surface area contributed by atoms with Crippen molar-refractivity contribution in [2.45, 2.75) is 129 Å². The molecule has 1 fully saturated rings. The summed E-state index contributed by atoms with van der Waals surface area (Å²) in [5, 5.41) is 17.9. The molecule has 1 heterocycles. The average Bonchev–Trinajstić information content (AvgIpc) is 3.27. The molecule has 3 rings (SSSR count). The van der Waals surface area contributed by atoms with E-state index in [9.17, 15) is 9.90 Å². The minimum Gasteiger partial charge on any atom is -0.391 e.